The highest BCUT2D eigenvalue weighted by atomic mass is 16.5. The van der Waals surface area contributed by atoms with E-state index < -0.39 is 0 Å². The van der Waals surface area contributed by atoms with Crippen LogP contribution in [0.25, 0.3) is 0 Å². The van der Waals surface area contributed by atoms with Gasteiger partial charge in [-0.05, 0) is 34.4 Å². The van der Waals surface area contributed by atoms with E-state index in [0.29, 0.717) is 13.2 Å². The van der Waals surface area contributed by atoms with E-state index in [1.54, 1.807) is 0 Å². The van der Waals surface area contributed by atoms with Crippen LogP contribution < -0.4 is 5.73 Å². The van der Waals surface area contributed by atoms with Crippen LogP contribution in [0.1, 0.15) is 27.2 Å². The minimum Gasteiger partial charge on any atom is -0.466 e. The molecule has 15 heavy (non-hydrogen) atoms. The third kappa shape index (κ3) is 3.18. The normalized spacial score (nSPS) is 17.3. The average Bonchev–Trinajstić information content (AvgIpc) is 2.18. The minimum atomic E-state index is -0.266. The summed E-state index contributed by atoms with van der Waals surface area (Å²) in [5.41, 5.74) is 5.44. The molecule has 0 aliphatic carbocycles. The summed E-state index contributed by atoms with van der Waals surface area (Å²) < 4.78 is 5.05. The fraction of sp³-hybridized carbons (Fsp3) is 0.909. The van der Waals surface area contributed by atoms with Crippen molar-refractivity contribution in [3.8, 4) is 0 Å². The first-order chi connectivity index (χ1) is 6.93. The fourth-order valence-corrected chi connectivity index (χ4v) is 1.72. The van der Waals surface area contributed by atoms with E-state index in [-0.39, 0.29) is 17.4 Å². The highest BCUT2D eigenvalue weighted by Gasteiger charge is 2.39. The Morgan fingerprint density at radius 3 is 2.27 bits per heavy atom. The Morgan fingerprint density at radius 1 is 1.47 bits per heavy atom. The molecule has 0 amide bonds. The molecule has 4 nitrogen and oxygen atoms in total. The van der Waals surface area contributed by atoms with Crippen molar-refractivity contribution < 1.29 is 9.53 Å². The molecule has 2 atom stereocenters. The van der Waals surface area contributed by atoms with Gasteiger partial charge in [0.2, 0.25) is 0 Å². The number of hydrogen-bond acceptors (Lipinski definition) is 4. The predicted molar refractivity (Wildman–Crippen MR) is 61.6 cm³/mol. The third-order valence-electron chi connectivity index (χ3n) is 3.29. The number of rotatable bonds is 6. The Balaban J connectivity index is 4.83. The van der Waals surface area contributed by atoms with Gasteiger partial charge in [-0.1, -0.05) is 6.92 Å². The van der Waals surface area contributed by atoms with Crippen molar-refractivity contribution in [2.45, 2.75) is 32.7 Å². The average molecular weight is 216 g/mol. The molecule has 0 aliphatic heterocycles. The Bertz CT molecular complexity index is 207. The van der Waals surface area contributed by atoms with Gasteiger partial charge in [0.05, 0.1) is 12.5 Å². The SMILES string of the molecule is CCOC(=O)C(CN)C(C)(CC)N(C)C. The molecule has 0 bridgehead atoms. The van der Waals surface area contributed by atoms with Gasteiger partial charge < -0.3 is 15.4 Å². The van der Waals surface area contributed by atoms with E-state index in [4.69, 9.17) is 10.5 Å². The zero-order chi connectivity index (χ0) is 12.1. The molecule has 2 unspecified atom stereocenters. The van der Waals surface area contributed by atoms with Gasteiger partial charge in [-0.2, -0.15) is 0 Å². The maximum Gasteiger partial charge on any atom is 0.312 e. The first-order valence-corrected chi connectivity index (χ1v) is 5.48. The third-order valence-corrected chi connectivity index (χ3v) is 3.29. The quantitative estimate of drug-likeness (QED) is 0.669. The number of ether oxygens (including phenoxy) is 1. The maximum absolute atomic E-state index is 11.8. The van der Waals surface area contributed by atoms with E-state index in [1.165, 1.54) is 0 Å². The molecule has 90 valence electrons. The van der Waals surface area contributed by atoms with E-state index in [0.717, 1.165) is 6.42 Å². The monoisotopic (exact) mass is 216 g/mol. The summed E-state index contributed by atoms with van der Waals surface area (Å²) >= 11 is 0. The summed E-state index contributed by atoms with van der Waals surface area (Å²) in [7, 11) is 3.93. The van der Waals surface area contributed by atoms with Gasteiger partial charge in [-0.25, -0.2) is 0 Å². The molecule has 0 heterocycles. The van der Waals surface area contributed by atoms with E-state index >= 15 is 0 Å². The molecule has 0 radical (unpaired) electrons. The van der Waals surface area contributed by atoms with Crippen LogP contribution in [0, 0.1) is 5.92 Å². The highest BCUT2D eigenvalue weighted by molar-refractivity contribution is 5.74. The Kier molecular flexibility index (Phi) is 5.83. The molecule has 0 aromatic carbocycles. The van der Waals surface area contributed by atoms with Crippen LogP contribution in [0.2, 0.25) is 0 Å². The van der Waals surface area contributed by atoms with Crippen molar-refractivity contribution in [1.82, 2.24) is 4.90 Å². The molecule has 0 fully saturated rings. The molecule has 0 aromatic heterocycles. The molecular weight excluding hydrogens is 192 g/mol. The second-order valence-corrected chi connectivity index (χ2v) is 4.15. The summed E-state index contributed by atoms with van der Waals surface area (Å²) in [4.78, 5) is 13.8. The standard InChI is InChI=1S/C11H24N2O2/c1-6-11(3,13(4)5)9(8-12)10(14)15-7-2/h9H,6-8,12H2,1-5H3. The van der Waals surface area contributed by atoms with Crippen LogP contribution in [0.15, 0.2) is 0 Å². The molecule has 0 spiro atoms. The molecule has 0 aromatic rings. The summed E-state index contributed by atoms with van der Waals surface area (Å²) in [6.07, 6.45) is 0.862. The molecule has 0 aliphatic rings. The lowest BCUT2D eigenvalue weighted by molar-refractivity contribution is -0.152. The number of nitrogens with two attached hydrogens (primary N) is 1. The van der Waals surface area contributed by atoms with Gasteiger partial charge in [0.25, 0.3) is 0 Å². The Morgan fingerprint density at radius 2 is 2.00 bits per heavy atom. The smallest absolute Gasteiger partial charge is 0.312 e. The maximum atomic E-state index is 11.8. The van der Waals surface area contributed by atoms with Crippen molar-refractivity contribution in [2.24, 2.45) is 11.7 Å². The second kappa shape index (κ2) is 6.08. The summed E-state index contributed by atoms with van der Waals surface area (Å²) in [5, 5.41) is 0. The Labute approximate surface area is 92.8 Å². The van der Waals surface area contributed by atoms with Crippen molar-refractivity contribution in [2.75, 3.05) is 27.2 Å². The van der Waals surface area contributed by atoms with Crippen LogP contribution in [0.5, 0.6) is 0 Å². The van der Waals surface area contributed by atoms with Crippen LogP contribution in [0.3, 0.4) is 0 Å². The number of nitrogens with zero attached hydrogens (tertiary/aromatic N) is 1. The van der Waals surface area contributed by atoms with Crippen molar-refractivity contribution in [1.29, 1.82) is 0 Å². The molecule has 4 heteroatoms. The molecule has 0 saturated carbocycles. The molecule has 2 N–H and O–H groups in total. The first kappa shape index (κ1) is 14.4. The molecular formula is C11H24N2O2. The van der Waals surface area contributed by atoms with Crippen LogP contribution in [-0.2, 0) is 9.53 Å². The number of carbonyl (C=O) groups is 1. The lowest BCUT2D eigenvalue weighted by Gasteiger charge is -2.40. The minimum absolute atomic E-state index is 0.196. The van der Waals surface area contributed by atoms with Gasteiger partial charge >= 0.3 is 5.97 Å². The second-order valence-electron chi connectivity index (χ2n) is 4.15. The van der Waals surface area contributed by atoms with E-state index in [2.05, 4.69) is 6.92 Å². The van der Waals surface area contributed by atoms with Crippen LogP contribution in [-0.4, -0.2) is 43.7 Å². The summed E-state index contributed by atoms with van der Waals surface area (Å²) in [5.74, 6) is -0.463. The lowest BCUT2D eigenvalue weighted by Crippen LogP contribution is -2.53. The van der Waals surface area contributed by atoms with Gasteiger partial charge in [-0.3, -0.25) is 4.79 Å². The fourth-order valence-electron chi connectivity index (χ4n) is 1.72. The Hall–Kier alpha value is -0.610. The van der Waals surface area contributed by atoms with Gasteiger partial charge in [-0.15, -0.1) is 0 Å². The topological polar surface area (TPSA) is 55.6 Å². The van der Waals surface area contributed by atoms with E-state index in [1.807, 2.05) is 32.8 Å². The zero-order valence-electron chi connectivity index (χ0n) is 10.5. The summed E-state index contributed by atoms with van der Waals surface area (Å²) in [6.45, 7) is 6.64. The van der Waals surface area contributed by atoms with Crippen molar-refractivity contribution >= 4 is 5.97 Å². The number of carbonyl (C=O) groups excluding carboxylic acids is 1. The lowest BCUT2D eigenvalue weighted by atomic mass is 9.82. The predicted octanol–water partition coefficient (Wildman–Crippen LogP) is 0.855. The van der Waals surface area contributed by atoms with Crippen LogP contribution in [0.4, 0.5) is 0 Å². The van der Waals surface area contributed by atoms with Crippen LogP contribution >= 0.6 is 0 Å². The highest BCUT2D eigenvalue weighted by Crippen LogP contribution is 2.26. The molecule has 0 saturated heterocycles. The number of esters is 1. The molecule has 0 rings (SSSR count). The van der Waals surface area contributed by atoms with Gasteiger partial charge in [0.15, 0.2) is 0 Å². The first-order valence-electron chi connectivity index (χ1n) is 5.48. The summed E-state index contributed by atoms with van der Waals surface area (Å²) in [6, 6.07) is 0. The zero-order valence-corrected chi connectivity index (χ0v) is 10.5. The number of hydrogen-bond donors (Lipinski definition) is 1. The van der Waals surface area contributed by atoms with E-state index in [9.17, 15) is 4.79 Å². The largest absolute Gasteiger partial charge is 0.466 e. The van der Waals surface area contributed by atoms with Gasteiger partial charge in [0.1, 0.15) is 0 Å². The van der Waals surface area contributed by atoms with Crippen molar-refractivity contribution in [3.63, 3.8) is 0 Å². The van der Waals surface area contributed by atoms with Gasteiger partial charge in [0, 0.05) is 12.1 Å². The van der Waals surface area contributed by atoms with Crippen molar-refractivity contribution in [3.05, 3.63) is 0 Å².